The molecule has 0 aliphatic rings. The molecule has 0 bridgehead atoms. The van der Waals surface area contributed by atoms with Gasteiger partial charge in [0.2, 0.25) is 0 Å². The van der Waals surface area contributed by atoms with E-state index in [4.69, 9.17) is 0 Å². The molecule has 2 heteroatoms. The van der Waals surface area contributed by atoms with Crippen molar-refractivity contribution in [3.8, 4) is 0 Å². The van der Waals surface area contributed by atoms with Gasteiger partial charge in [0.1, 0.15) is 0 Å². The zero-order valence-electron chi connectivity index (χ0n) is 10.7. The van der Waals surface area contributed by atoms with Gasteiger partial charge in [-0.3, -0.25) is 9.97 Å². The monoisotopic (exact) mass is 220 g/mol. The maximum absolute atomic E-state index is 4.43. The van der Waals surface area contributed by atoms with Crippen LogP contribution >= 0.6 is 0 Å². The Kier molecular flexibility index (Phi) is 6.78. The van der Waals surface area contributed by atoms with E-state index in [9.17, 15) is 0 Å². The summed E-state index contributed by atoms with van der Waals surface area (Å²) in [4.78, 5) is 8.60. The summed E-state index contributed by atoms with van der Waals surface area (Å²) in [5.74, 6) is 0.621. The Morgan fingerprint density at radius 1 is 1.00 bits per heavy atom. The van der Waals surface area contributed by atoms with Gasteiger partial charge < -0.3 is 0 Å². The van der Waals surface area contributed by atoms with Crippen LogP contribution in [0.1, 0.15) is 70.4 Å². The van der Waals surface area contributed by atoms with Crippen molar-refractivity contribution < 1.29 is 0 Å². The van der Waals surface area contributed by atoms with Crippen LogP contribution in [0.3, 0.4) is 0 Å². The van der Waals surface area contributed by atoms with Gasteiger partial charge in [0.15, 0.2) is 0 Å². The second-order valence-corrected chi connectivity index (χ2v) is 4.47. The molecule has 0 spiro atoms. The van der Waals surface area contributed by atoms with Gasteiger partial charge in [-0.25, -0.2) is 0 Å². The molecule has 1 rings (SSSR count). The fourth-order valence-corrected chi connectivity index (χ4v) is 2.13. The Morgan fingerprint density at radius 2 is 1.88 bits per heavy atom. The highest BCUT2D eigenvalue weighted by atomic mass is 14.8. The smallest absolute Gasteiger partial charge is 0.0617 e. The highest BCUT2D eigenvalue weighted by molar-refractivity contribution is 5.02. The summed E-state index contributed by atoms with van der Waals surface area (Å²) in [6, 6.07) is 0. The van der Waals surface area contributed by atoms with E-state index in [-0.39, 0.29) is 0 Å². The van der Waals surface area contributed by atoms with Crippen molar-refractivity contribution >= 4 is 0 Å². The van der Waals surface area contributed by atoms with Gasteiger partial charge in [-0.15, -0.1) is 0 Å². The maximum atomic E-state index is 4.43. The van der Waals surface area contributed by atoms with Crippen LogP contribution in [0, 0.1) is 0 Å². The lowest BCUT2D eigenvalue weighted by Gasteiger charge is -2.14. The Morgan fingerprint density at radius 3 is 2.50 bits per heavy atom. The molecule has 90 valence electrons. The minimum Gasteiger partial charge on any atom is -0.261 e. The minimum absolute atomic E-state index is 0.621. The van der Waals surface area contributed by atoms with Crippen molar-refractivity contribution in [2.75, 3.05) is 0 Å². The largest absolute Gasteiger partial charge is 0.261 e. The predicted molar refractivity (Wildman–Crippen MR) is 68.4 cm³/mol. The summed E-state index contributed by atoms with van der Waals surface area (Å²) >= 11 is 0. The zero-order chi connectivity index (χ0) is 11.6. The quantitative estimate of drug-likeness (QED) is 0.609. The Bertz CT molecular complexity index is 259. The zero-order valence-corrected chi connectivity index (χ0v) is 10.7. The third-order valence-electron chi connectivity index (χ3n) is 3.04. The van der Waals surface area contributed by atoms with Gasteiger partial charge in [-0.1, -0.05) is 46.0 Å². The number of nitrogens with zero attached hydrogens (tertiary/aromatic N) is 2. The Labute approximate surface area is 99.5 Å². The molecular formula is C14H24N2. The van der Waals surface area contributed by atoms with Crippen molar-refractivity contribution in [1.29, 1.82) is 0 Å². The highest BCUT2D eigenvalue weighted by Gasteiger charge is 2.11. The van der Waals surface area contributed by atoms with Gasteiger partial charge in [-0.05, 0) is 12.8 Å². The highest BCUT2D eigenvalue weighted by Crippen LogP contribution is 2.25. The van der Waals surface area contributed by atoms with E-state index in [0.717, 1.165) is 0 Å². The average molecular weight is 220 g/mol. The maximum Gasteiger partial charge on any atom is 0.0617 e. The van der Waals surface area contributed by atoms with Gasteiger partial charge in [0.25, 0.3) is 0 Å². The number of hydrogen-bond donors (Lipinski definition) is 0. The molecule has 0 saturated heterocycles. The molecule has 1 unspecified atom stereocenters. The molecule has 1 heterocycles. The van der Waals surface area contributed by atoms with E-state index in [2.05, 4.69) is 23.8 Å². The van der Waals surface area contributed by atoms with E-state index in [1.54, 1.807) is 6.20 Å². The van der Waals surface area contributed by atoms with Crippen molar-refractivity contribution in [1.82, 2.24) is 9.97 Å². The molecule has 0 N–H and O–H groups in total. The SMILES string of the molecule is CCCCCCC(CCC)c1cnccn1. The topological polar surface area (TPSA) is 25.8 Å². The summed E-state index contributed by atoms with van der Waals surface area (Å²) in [5, 5.41) is 0. The summed E-state index contributed by atoms with van der Waals surface area (Å²) < 4.78 is 0. The van der Waals surface area contributed by atoms with Crippen LogP contribution in [0.15, 0.2) is 18.6 Å². The van der Waals surface area contributed by atoms with E-state index in [1.165, 1.54) is 50.6 Å². The van der Waals surface area contributed by atoms with Crippen LogP contribution < -0.4 is 0 Å². The van der Waals surface area contributed by atoms with Gasteiger partial charge in [0.05, 0.1) is 5.69 Å². The molecule has 0 radical (unpaired) electrons. The second kappa shape index (κ2) is 8.26. The summed E-state index contributed by atoms with van der Waals surface area (Å²) in [6.07, 6.45) is 14.6. The number of hydrogen-bond acceptors (Lipinski definition) is 2. The van der Waals surface area contributed by atoms with E-state index in [1.807, 2.05) is 12.4 Å². The fourth-order valence-electron chi connectivity index (χ4n) is 2.13. The summed E-state index contributed by atoms with van der Waals surface area (Å²) in [7, 11) is 0. The molecule has 1 aromatic heterocycles. The van der Waals surface area contributed by atoms with Crippen LogP contribution in [-0.4, -0.2) is 9.97 Å². The number of rotatable bonds is 8. The first kappa shape index (κ1) is 13.1. The van der Waals surface area contributed by atoms with Gasteiger partial charge in [-0.2, -0.15) is 0 Å². The van der Waals surface area contributed by atoms with E-state index >= 15 is 0 Å². The molecular weight excluding hydrogens is 196 g/mol. The molecule has 0 aliphatic heterocycles. The van der Waals surface area contributed by atoms with Gasteiger partial charge >= 0.3 is 0 Å². The van der Waals surface area contributed by atoms with Gasteiger partial charge in [0, 0.05) is 24.5 Å². The normalized spacial score (nSPS) is 12.6. The van der Waals surface area contributed by atoms with Crippen molar-refractivity contribution in [3.63, 3.8) is 0 Å². The third kappa shape index (κ3) is 4.73. The second-order valence-electron chi connectivity index (χ2n) is 4.47. The van der Waals surface area contributed by atoms with Crippen LogP contribution in [0.25, 0.3) is 0 Å². The van der Waals surface area contributed by atoms with Crippen LogP contribution in [0.4, 0.5) is 0 Å². The molecule has 0 saturated carbocycles. The molecule has 0 aromatic carbocycles. The first-order valence-corrected chi connectivity index (χ1v) is 6.64. The van der Waals surface area contributed by atoms with Crippen LogP contribution in [-0.2, 0) is 0 Å². The molecule has 0 fully saturated rings. The summed E-state index contributed by atoms with van der Waals surface area (Å²) in [5.41, 5.74) is 1.18. The van der Waals surface area contributed by atoms with Crippen molar-refractivity contribution in [2.45, 2.75) is 64.7 Å². The third-order valence-corrected chi connectivity index (χ3v) is 3.04. The Hall–Kier alpha value is -0.920. The average Bonchev–Trinajstić information content (AvgIpc) is 2.34. The van der Waals surface area contributed by atoms with Crippen LogP contribution in [0.2, 0.25) is 0 Å². The van der Waals surface area contributed by atoms with Crippen molar-refractivity contribution in [3.05, 3.63) is 24.3 Å². The lowest BCUT2D eigenvalue weighted by atomic mass is 9.93. The summed E-state index contributed by atoms with van der Waals surface area (Å²) in [6.45, 7) is 4.50. The molecule has 2 nitrogen and oxygen atoms in total. The minimum atomic E-state index is 0.621. The molecule has 1 aromatic rings. The first-order chi connectivity index (χ1) is 7.88. The van der Waals surface area contributed by atoms with E-state index in [0.29, 0.717) is 5.92 Å². The lowest BCUT2D eigenvalue weighted by Crippen LogP contribution is -2.02. The fraction of sp³-hybridized carbons (Fsp3) is 0.714. The predicted octanol–water partition coefficient (Wildman–Crippen LogP) is 4.33. The van der Waals surface area contributed by atoms with Crippen molar-refractivity contribution in [2.24, 2.45) is 0 Å². The molecule has 1 atom stereocenters. The number of aromatic nitrogens is 2. The lowest BCUT2D eigenvalue weighted by molar-refractivity contribution is 0.511. The molecule has 0 aliphatic carbocycles. The van der Waals surface area contributed by atoms with Crippen LogP contribution in [0.5, 0.6) is 0 Å². The standard InChI is InChI=1S/C14H24N2/c1-3-5-6-7-9-13(8-4-2)14-12-15-10-11-16-14/h10-13H,3-9H2,1-2H3. The number of unbranched alkanes of at least 4 members (excludes halogenated alkanes) is 3. The molecule has 0 amide bonds. The molecule has 16 heavy (non-hydrogen) atoms. The van der Waals surface area contributed by atoms with E-state index < -0.39 is 0 Å². The Balaban J connectivity index is 2.41. The first-order valence-electron chi connectivity index (χ1n) is 6.64.